The van der Waals surface area contributed by atoms with Gasteiger partial charge in [0, 0.05) is 13.6 Å². The number of ether oxygens (including phenoxy) is 1. The first kappa shape index (κ1) is 10.3. The number of rotatable bonds is 2. The second kappa shape index (κ2) is 4.08. The quantitative estimate of drug-likeness (QED) is 0.658. The molecule has 6 heteroatoms. The number of Topliss-reactive ketones (excluding diaryl/α,β-unsaturated/α-hetero) is 1. The van der Waals surface area contributed by atoms with Gasteiger partial charge in [-0.05, 0) is 6.92 Å². The zero-order chi connectivity index (χ0) is 10.8. The summed E-state index contributed by atoms with van der Waals surface area (Å²) in [5.74, 6) is -0.0599. The summed E-state index contributed by atoms with van der Waals surface area (Å²) in [5.41, 5.74) is 0.382. The van der Waals surface area contributed by atoms with E-state index in [1.165, 1.54) is 11.0 Å². The minimum Gasteiger partial charge on any atom is -0.375 e. The zero-order valence-electron chi connectivity index (χ0n) is 8.80. The van der Waals surface area contributed by atoms with Gasteiger partial charge in [-0.3, -0.25) is 4.79 Å². The lowest BCUT2D eigenvalue weighted by Gasteiger charge is -2.28. The first-order valence-corrected chi connectivity index (χ1v) is 4.94. The minimum absolute atomic E-state index is 0.0599. The van der Waals surface area contributed by atoms with Crippen molar-refractivity contribution in [1.82, 2.24) is 20.3 Å². The highest BCUT2D eigenvalue weighted by Crippen LogP contribution is 2.09. The van der Waals surface area contributed by atoms with Crippen LogP contribution in [0.4, 0.5) is 0 Å². The maximum absolute atomic E-state index is 12.0. The molecule has 82 valence electrons. The number of morpholine rings is 1. The van der Waals surface area contributed by atoms with Crippen LogP contribution in [0.25, 0.3) is 0 Å². The fourth-order valence-electron chi connectivity index (χ4n) is 1.65. The van der Waals surface area contributed by atoms with E-state index in [4.69, 9.17) is 4.74 Å². The number of nitrogens with one attached hydrogen (secondary N) is 1. The third-order valence-corrected chi connectivity index (χ3v) is 2.45. The number of nitrogens with zero attached hydrogens (tertiary/aromatic N) is 3. The van der Waals surface area contributed by atoms with Crippen molar-refractivity contribution in [2.75, 3.05) is 13.2 Å². The number of carbonyl (C=O) groups excluding carboxylic acids is 1. The summed E-state index contributed by atoms with van der Waals surface area (Å²) in [6.45, 7) is 3.22. The van der Waals surface area contributed by atoms with E-state index in [1.807, 2.05) is 6.92 Å². The Balaban J connectivity index is 2.13. The van der Waals surface area contributed by atoms with Crippen LogP contribution in [0.1, 0.15) is 17.4 Å². The van der Waals surface area contributed by atoms with Gasteiger partial charge in [-0.25, -0.2) is 0 Å². The Kier molecular flexibility index (Phi) is 2.79. The molecule has 1 aromatic rings. The minimum atomic E-state index is -0.310. The maximum Gasteiger partial charge on any atom is 0.204 e. The summed E-state index contributed by atoms with van der Waals surface area (Å²) in [5, 5.41) is 11.0. The lowest BCUT2D eigenvalue weighted by molar-refractivity contribution is 0.0109. The first-order chi connectivity index (χ1) is 7.18. The molecule has 1 aliphatic rings. The van der Waals surface area contributed by atoms with Gasteiger partial charge in [-0.15, -0.1) is 0 Å². The molecule has 1 N–H and O–H groups in total. The van der Waals surface area contributed by atoms with Gasteiger partial charge in [0.15, 0.2) is 0 Å². The van der Waals surface area contributed by atoms with Crippen molar-refractivity contribution in [3.8, 4) is 0 Å². The van der Waals surface area contributed by atoms with Crippen LogP contribution in [0, 0.1) is 0 Å². The highest BCUT2D eigenvalue weighted by Gasteiger charge is 2.30. The molecule has 2 unspecified atom stereocenters. The summed E-state index contributed by atoms with van der Waals surface area (Å²) in [6.07, 6.45) is 1.36. The molecule has 1 aromatic heterocycles. The second-order valence-electron chi connectivity index (χ2n) is 3.59. The molecule has 1 fully saturated rings. The molecule has 1 aliphatic heterocycles. The van der Waals surface area contributed by atoms with E-state index in [2.05, 4.69) is 15.5 Å². The Morgan fingerprint density at radius 3 is 3.13 bits per heavy atom. The third kappa shape index (κ3) is 2.05. The lowest BCUT2D eigenvalue weighted by atomic mass is 10.0. The van der Waals surface area contributed by atoms with Crippen molar-refractivity contribution in [1.29, 1.82) is 0 Å². The van der Waals surface area contributed by atoms with Gasteiger partial charge in [-0.2, -0.15) is 15.0 Å². The van der Waals surface area contributed by atoms with Crippen molar-refractivity contribution in [3.05, 3.63) is 11.9 Å². The van der Waals surface area contributed by atoms with Gasteiger partial charge in [0.2, 0.25) is 5.78 Å². The van der Waals surface area contributed by atoms with Crippen LogP contribution in [-0.4, -0.2) is 46.1 Å². The number of ketones is 1. The monoisotopic (exact) mass is 210 g/mol. The van der Waals surface area contributed by atoms with Gasteiger partial charge in [-0.1, -0.05) is 0 Å². The number of aryl methyl sites for hydroxylation is 1. The topological polar surface area (TPSA) is 69.0 Å². The molecule has 1 saturated heterocycles. The van der Waals surface area contributed by atoms with E-state index in [0.29, 0.717) is 18.8 Å². The van der Waals surface area contributed by atoms with Crippen LogP contribution < -0.4 is 5.32 Å². The molecule has 2 heterocycles. The van der Waals surface area contributed by atoms with Crippen molar-refractivity contribution < 1.29 is 9.53 Å². The predicted octanol–water partition coefficient (Wildman–Crippen LogP) is -0.625. The Bertz CT molecular complexity index is 363. The standard InChI is InChI=1S/C9H14N4O2/c1-6-8(10-3-4-15-6)9(14)7-5-11-13(2)12-7/h5-6,8,10H,3-4H2,1-2H3. The van der Waals surface area contributed by atoms with Crippen LogP contribution in [0.2, 0.25) is 0 Å². The summed E-state index contributed by atoms with van der Waals surface area (Å²) < 4.78 is 5.40. The molecule has 0 aliphatic carbocycles. The van der Waals surface area contributed by atoms with Gasteiger partial charge < -0.3 is 10.1 Å². The van der Waals surface area contributed by atoms with E-state index < -0.39 is 0 Å². The normalized spacial score (nSPS) is 26.5. The Labute approximate surface area is 87.6 Å². The third-order valence-electron chi connectivity index (χ3n) is 2.45. The van der Waals surface area contributed by atoms with Crippen molar-refractivity contribution in [2.45, 2.75) is 19.1 Å². The van der Waals surface area contributed by atoms with E-state index in [1.54, 1.807) is 7.05 Å². The summed E-state index contributed by atoms with van der Waals surface area (Å²) in [4.78, 5) is 13.3. The first-order valence-electron chi connectivity index (χ1n) is 4.94. The molecule has 0 spiro atoms. The molecule has 2 rings (SSSR count). The van der Waals surface area contributed by atoms with Crippen molar-refractivity contribution in [3.63, 3.8) is 0 Å². The molecular formula is C9H14N4O2. The fourth-order valence-corrected chi connectivity index (χ4v) is 1.65. The fraction of sp³-hybridized carbons (Fsp3) is 0.667. The lowest BCUT2D eigenvalue weighted by Crippen LogP contribution is -2.51. The van der Waals surface area contributed by atoms with E-state index in [9.17, 15) is 4.79 Å². The molecule has 15 heavy (non-hydrogen) atoms. The van der Waals surface area contributed by atoms with E-state index in [0.717, 1.165) is 0 Å². The second-order valence-corrected chi connectivity index (χ2v) is 3.59. The maximum atomic E-state index is 12.0. The number of hydrogen-bond donors (Lipinski definition) is 1. The van der Waals surface area contributed by atoms with Crippen molar-refractivity contribution >= 4 is 5.78 Å². The number of carbonyl (C=O) groups is 1. The highest BCUT2D eigenvalue weighted by molar-refractivity contribution is 5.98. The smallest absolute Gasteiger partial charge is 0.204 e. The number of aromatic nitrogens is 3. The van der Waals surface area contributed by atoms with E-state index in [-0.39, 0.29) is 17.9 Å². The van der Waals surface area contributed by atoms with Gasteiger partial charge in [0.05, 0.1) is 24.9 Å². The molecule has 0 amide bonds. The molecule has 0 saturated carbocycles. The van der Waals surface area contributed by atoms with Crippen LogP contribution in [-0.2, 0) is 11.8 Å². The SMILES string of the molecule is CC1OCCNC1C(=O)c1cnn(C)n1. The Morgan fingerprint density at radius 1 is 1.73 bits per heavy atom. The largest absolute Gasteiger partial charge is 0.375 e. The average molecular weight is 210 g/mol. The predicted molar refractivity (Wildman–Crippen MR) is 52.5 cm³/mol. The average Bonchev–Trinajstić information content (AvgIpc) is 2.65. The summed E-state index contributed by atoms with van der Waals surface area (Å²) in [6, 6.07) is -0.310. The molecule has 2 atom stereocenters. The summed E-state index contributed by atoms with van der Waals surface area (Å²) >= 11 is 0. The van der Waals surface area contributed by atoms with Crippen LogP contribution in [0.3, 0.4) is 0 Å². The molecular weight excluding hydrogens is 196 g/mol. The zero-order valence-corrected chi connectivity index (χ0v) is 8.80. The molecule has 0 bridgehead atoms. The summed E-state index contributed by atoms with van der Waals surface area (Å²) in [7, 11) is 1.69. The van der Waals surface area contributed by atoms with Gasteiger partial charge >= 0.3 is 0 Å². The van der Waals surface area contributed by atoms with Crippen LogP contribution in [0.15, 0.2) is 6.20 Å². The van der Waals surface area contributed by atoms with Gasteiger partial charge in [0.25, 0.3) is 0 Å². The number of hydrogen-bond acceptors (Lipinski definition) is 5. The van der Waals surface area contributed by atoms with Crippen molar-refractivity contribution in [2.24, 2.45) is 7.05 Å². The van der Waals surface area contributed by atoms with Gasteiger partial charge in [0.1, 0.15) is 5.69 Å². The highest BCUT2D eigenvalue weighted by atomic mass is 16.5. The molecule has 0 radical (unpaired) electrons. The molecule has 6 nitrogen and oxygen atoms in total. The van der Waals surface area contributed by atoms with Crippen LogP contribution >= 0.6 is 0 Å². The Morgan fingerprint density at radius 2 is 2.53 bits per heavy atom. The molecule has 0 aromatic carbocycles. The van der Waals surface area contributed by atoms with E-state index >= 15 is 0 Å². The Hall–Kier alpha value is -1.27. The van der Waals surface area contributed by atoms with Crippen LogP contribution in [0.5, 0.6) is 0 Å².